The van der Waals surface area contributed by atoms with Crippen LogP contribution < -0.4 is 10.2 Å². The largest absolute Gasteiger partial charge is 0.373 e. The molecular formula is C11H13N2O3. The lowest BCUT2D eigenvalue weighted by molar-refractivity contribution is 0.183. The highest BCUT2D eigenvalue weighted by Gasteiger charge is 2.19. The molecule has 2 N–H and O–H groups in total. The molecule has 1 rings (SSSR count). The Kier molecular flexibility index (Phi) is 4.47. The molecule has 0 bridgehead atoms. The van der Waals surface area contributed by atoms with Gasteiger partial charge in [0.1, 0.15) is 6.23 Å². The number of nitrogens with one attached hydrogen (secondary N) is 1. The van der Waals surface area contributed by atoms with Gasteiger partial charge in [0.15, 0.2) is 0 Å². The summed E-state index contributed by atoms with van der Waals surface area (Å²) in [5.74, 6) is 0. The van der Waals surface area contributed by atoms with Gasteiger partial charge in [-0.2, -0.15) is 0 Å². The fourth-order valence-corrected chi connectivity index (χ4v) is 1.29. The van der Waals surface area contributed by atoms with E-state index in [-0.39, 0.29) is 6.54 Å². The minimum atomic E-state index is -0.978. The van der Waals surface area contributed by atoms with Gasteiger partial charge in [-0.05, 0) is 19.1 Å². The Morgan fingerprint density at radius 1 is 1.50 bits per heavy atom. The van der Waals surface area contributed by atoms with Crippen LogP contribution in [0.2, 0.25) is 0 Å². The van der Waals surface area contributed by atoms with E-state index in [0.29, 0.717) is 5.69 Å². The molecule has 1 atom stereocenters. The van der Waals surface area contributed by atoms with Crippen LogP contribution in [-0.4, -0.2) is 30.2 Å². The summed E-state index contributed by atoms with van der Waals surface area (Å²) in [6.07, 6.45) is 0.576. The Bertz CT molecular complexity index is 352. The Labute approximate surface area is 93.7 Å². The monoisotopic (exact) mass is 221 g/mol. The molecule has 0 aromatic heterocycles. The summed E-state index contributed by atoms with van der Waals surface area (Å²) in [7, 11) is 0. The van der Waals surface area contributed by atoms with E-state index >= 15 is 0 Å². The highest BCUT2D eigenvalue weighted by molar-refractivity contribution is 5.93. The van der Waals surface area contributed by atoms with E-state index in [1.807, 2.05) is 0 Å². The molecule has 0 aliphatic carbocycles. The number of para-hydroxylation sites is 1. The van der Waals surface area contributed by atoms with Crippen LogP contribution in [0, 0.1) is 0 Å². The number of aliphatic hydroxyl groups excluding tert-OH is 1. The molecule has 5 heteroatoms. The standard InChI is InChI=1S/C11H13N2O3/c1-9(15)13(11(16)12-7-8-14)10-5-3-2-4-6-10/h2-6,9,15H,7H2,1H3,(H,12,16). The molecule has 85 valence electrons. The Morgan fingerprint density at radius 3 is 2.62 bits per heavy atom. The molecule has 0 spiro atoms. The number of carbonyl (C=O) groups excluding carboxylic acids is 2. The second-order valence-electron chi connectivity index (χ2n) is 3.14. The molecule has 0 saturated carbocycles. The van der Waals surface area contributed by atoms with Crippen molar-refractivity contribution in [3.05, 3.63) is 30.3 Å². The van der Waals surface area contributed by atoms with Crippen molar-refractivity contribution in [1.29, 1.82) is 0 Å². The topological polar surface area (TPSA) is 69.6 Å². The summed E-state index contributed by atoms with van der Waals surface area (Å²) in [6.45, 7) is 1.27. The quantitative estimate of drug-likeness (QED) is 0.733. The van der Waals surface area contributed by atoms with E-state index < -0.39 is 12.3 Å². The van der Waals surface area contributed by atoms with Crippen molar-refractivity contribution in [2.24, 2.45) is 0 Å². The maximum Gasteiger partial charge on any atom is 0.324 e. The van der Waals surface area contributed by atoms with E-state index in [1.165, 1.54) is 6.92 Å². The molecule has 16 heavy (non-hydrogen) atoms. The number of rotatable bonds is 4. The van der Waals surface area contributed by atoms with Crippen LogP contribution >= 0.6 is 0 Å². The summed E-state index contributed by atoms with van der Waals surface area (Å²) in [5.41, 5.74) is 0.556. The molecule has 1 aromatic rings. The Balaban J connectivity index is 2.83. The van der Waals surface area contributed by atoms with Crippen molar-refractivity contribution >= 4 is 18.0 Å². The number of amides is 2. The second kappa shape index (κ2) is 5.87. The van der Waals surface area contributed by atoms with Crippen molar-refractivity contribution in [3.63, 3.8) is 0 Å². The number of carbonyl (C=O) groups is 1. The number of hydrogen-bond donors (Lipinski definition) is 2. The van der Waals surface area contributed by atoms with Gasteiger partial charge in [-0.1, -0.05) is 18.2 Å². The minimum Gasteiger partial charge on any atom is -0.373 e. The molecule has 5 nitrogen and oxygen atoms in total. The van der Waals surface area contributed by atoms with Crippen LogP contribution in [0.4, 0.5) is 10.5 Å². The third-order valence-electron chi connectivity index (χ3n) is 1.94. The van der Waals surface area contributed by atoms with E-state index in [1.54, 1.807) is 36.6 Å². The highest BCUT2D eigenvalue weighted by Crippen LogP contribution is 2.15. The van der Waals surface area contributed by atoms with Gasteiger partial charge in [0, 0.05) is 5.69 Å². The zero-order valence-electron chi connectivity index (χ0n) is 8.88. The van der Waals surface area contributed by atoms with Gasteiger partial charge >= 0.3 is 6.03 Å². The van der Waals surface area contributed by atoms with E-state index in [9.17, 15) is 14.7 Å². The lowest BCUT2D eigenvalue weighted by atomic mass is 10.3. The molecule has 0 aliphatic rings. The third kappa shape index (κ3) is 3.06. The van der Waals surface area contributed by atoms with Crippen molar-refractivity contribution in [3.8, 4) is 0 Å². The van der Waals surface area contributed by atoms with Gasteiger partial charge in [-0.15, -0.1) is 0 Å². The summed E-state index contributed by atoms with van der Waals surface area (Å²) in [6, 6.07) is 8.16. The van der Waals surface area contributed by atoms with Gasteiger partial charge < -0.3 is 10.4 Å². The third-order valence-corrected chi connectivity index (χ3v) is 1.94. The molecule has 0 saturated heterocycles. The first kappa shape index (κ1) is 12.2. The normalized spacial score (nSPS) is 11.6. The summed E-state index contributed by atoms with van der Waals surface area (Å²) < 4.78 is 0. The Hall–Kier alpha value is -1.88. The SMILES string of the molecule is CC(O)N(C(=O)NC[C]=O)c1ccccc1. The predicted molar refractivity (Wildman–Crippen MR) is 59.7 cm³/mol. The summed E-state index contributed by atoms with van der Waals surface area (Å²) in [5, 5.41) is 11.8. The molecule has 0 heterocycles. The van der Waals surface area contributed by atoms with Gasteiger partial charge in [0.2, 0.25) is 6.29 Å². The van der Waals surface area contributed by atoms with Crippen LogP contribution in [-0.2, 0) is 4.79 Å². The fraction of sp³-hybridized carbons (Fsp3) is 0.273. The smallest absolute Gasteiger partial charge is 0.324 e. The lowest BCUT2D eigenvalue weighted by Crippen LogP contribution is -2.45. The number of benzene rings is 1. The number of nitrogens with zero attached hydrogens (tertiary/aromatic N) is 1. The maximum absolute atomic E-state index is 11.6. The highest BCUT2D eigenvalue weighted by atomic mass is 16.3. The predicted octanol–water partition coefficient (Wildman–Crippen LogP) is 0.651. The van der Waals surface area contributed by atoms with Crippen LogP contribution in [0.15, 0.2) is 30.3 Å². The number of hydrogen-bond acceptors (Lipinski definition) is 3. The first-order valence-corrected chi connectivity index (χ1v) is 4.82. The van der Waals surface area contributed by atoms with Crippen molar-refractivity contribution < 1.29 is 14.7 Å². The average Bonchev–Trinajstić information content (AvgIpc) is 2.27. The molecule has 1 unspecified atom stereocenters. The first-order valence-electron chi connectivity index (χ1n) is 4.82. The van der Waals surface area contributed by atoms with Crippen LogP contribution in [0.5, 0.6) is 0 Å². The fourth-order valence-electron chi connectivity index (χ4n) is 1.29. The van der Waals surface area contributed by atoms with Crippen molar-refractivity contribution in [1.82, 2.24) is 5.32 Å². The molecule has 1 radical (unpaired) electrons. The number of urea groups is 1. The lowest BCUT2D eigenvalue weighted by Gasteiger charge is -2.25. The Morgan fingerprint density at radius 2 is 2.12 bits per heavy atom. The number of aliphatic hydroxyl groups is 1. The van der Waals surface area contributed by atoms with Crippen LogP contribution in [0.1, 0.15) is 6.92 Å². The van der Waals surface area contributed by atoms with Gasteiger partial charge in [0.05, 0.1) is 6.54 Å². The molecule has 1 aromatic carbocycles. The van der Waals surface area contributed by atoms with E-state index in [4.69, 9.17) is 0 Å². The number of anilines is 1. The second-order valence-corrected chi connectivity index (χ2v) is 3.14. The molecule has 2 amide bonds. The van der Waals surface area contributed by atoms with E-state index in [0.717, 1.165) is 4.90 Å². The average molecular weight is 221 g/mol. The van der Waals surface area contributed by atoms with Gasteiger partial charge in [-0.25, -0.2) is 4.79 Å². The van der Waals surface area contributed by atoms with Crippen molar-refractivity contribution in [2.75, 3.05) is 11.4 Å². The zero-order chi connectivity index (χ0) is 12.0. The minimum absolute atomic E-state index is 0.200. The van der Waals surface area contributed by atoms with Gasteiger partial charge in [0.25, 0.3) is 0 Å². The summed E-state index contributed by atoms with van der Waals surface area (Å²) >= 11 is 0. The zero-order valence-corrected chi connectivity index (χ0v) is 8.88. The van der Waals surface area contributed by atoms with E-state index in [2.05, 4.69) is 5.32 Å². The van der Waals surface area contributed by atoms with Gasteiger partial charge in [-0.3, -0.25) is 9.69 Å². The molecule has 0 aliphatic heterocycles. The molecule has 0 fully saturated rings. The van der Waals surface area contributed by atoms with Crippen LogP contribution in [0.25, 0.3) is 0 Å². The van der Waals surface area contributed by atoms with Crippen LogP contribution in [0.3, 0.4) is 0 Å². The maximum atomic E-state index is 11.6. The van der Waals surface area contributed by atoms with Crippen molar-refractivity contribution in [2.45, 2.75) is 13.2 Å². The molecular weight excluding hydrogens is 208 g/mol. The first-order chi connectivity index (χ1) is 7.66. The summed E-state index contributed by atoms with van der Waals surface area (Å²) in [4.78, 5) is 22.8.